The van der Waals surface area contributed by atoms with Crippen molar-refractivity contribution in [3.8, 4) is 11.5 Å². The van der Waals surface area contributed by atoms with Gasteiger partial charge in [-0.2, -0.15) is 0 Å². The highest BCUT2D eigenvalue weighted by Crippen LogP contribution is 2.31. The molecule has 0 N–H and O–H groups in total. The molecule has 0 bridgehead atoms. The smallest absolute Gasteiger partial charge is 0.222 e. The van der Waals surface area contributed by atoms with E-state index in [-0.39, 0.29) is 5.91 Å². The zero-order valence-corrected chi connectivity index (χ0v) is 12.6. The molecule has 0 saturated carbocycles. The molecular weight excluding hydrogens is 266 g/mol. The molecule has 2 aliphatic heterocycles. The molecule has 1 saturated heterocycles. The Morgan fingerprint density at radius 3 is 2.90 bits per heavy atom. The largest absolute Gasteiger partial charge is 0.486 e. The summed E-state index contributed by atoms with van der Waals surface area (Å²) in [6.45, 7) is 5.27. The summed E-state index contributed by atoms with van der Waals surface area (Å²) in [5.74, 6) is 2.52. The number of hydrogen-bond acceptors (Lipinski definition) is 3. The third-order valence-corrected chi connectivity index (χ3v) is 4.24. The Labute approximate surface area is 126 Å². The number of carbonyl (C=O) groups excluding carboxylic acids is 1. The molecule has 2 heterocycles. The van der Waals surface area contributed by atoms with Gasteiger partial charge in [-0.3, -0.25) is 4.79 Å². The topological polar surface area (TPSA) is 38.8 Å². The number of nitrogens with zero attached hydrogens (tertiary/aromatic N) is 1. The fourth-order valence-electron chi connectivity index (χ4n) is 3.07. The lowest BCUT2D eigenvalue weighted by Gasteiger charge is -2.31. The van der Waals surface area contributed by atoms with Crippen molar-refractivity contribution in [3.05, 3.63) is 23.8 Å². The number of carbonyl (C=O) groups is 1. The first-order chi connectivity index (χ1) is 10.2. The minimum Gasteiger partial charge on any atom is -0.486 e. The quantitative estimate of drug-likeness (QED) is 0.858. The van der Waals surface area contributed by atoms with Crippen LogP contribution in [0.2, 0.25) is 0 Å². The number of hydrogen-bond donors (Lipinski definition) is 0. The predicted octanol–water partition coefficient (Wildman–Crippen LogP) is 2.65. The van der Waals surface area contributed by atoms with Gasteiger partial charge in [-0.15, -0.1) is 0 Å². The Morgan fingerprint density at radius 1 is 1.29 bits per heavy atom. The van der Waals surface area contributed by atoms with E-state index in [0.717, 1.165) is 43.0 Å². The van der Waals surface area contributed by atoms with Crippen LogP contribution in [0.25, 0.3) is 0 Å². The molecule has 2 aliphatic rings. The van der Waals surface area contributed by atoms with Crippen LogP contribution in [-0.2, 0) is 11.2 Å². The van der Waals surface area contributed by atoms with Gasteiger partial charge in [0.15, 0.2) is 11.5 Å². The third-order valence-electron chi connectivity index (χ3n) is 4.24. The number of aryl methyl sites for hydroxylation is 1. The van der Waals surface area contributed by atoms with Gasteiger partial charge in [0.25, 0.3) is 0 Å². The molecule has 0 aromatic heterocycles. The summed E-state index contributed by atoms with van der Waals surface area (Å²) < 4.78 is 11.1. The second-order valence-corrected chi connectivity index (χ2v) is 6.07. The number of likely N-dealkylation sites (tertiary alicyclic amines) is 1. The van der Waals surface area contributed by atoms with Crippen LogP contribution >= 0.6 is 0 Å². The molecule has 0 spiro atoms. The van der Waals surface area contributed by atoms with E-state index in [1.54, 1.807) is 0 Å². The second kappa shape index (κ2) is 6.37. The van der Waals surface area contributed by atoms with Crippen molar-refractivity contribution in [1.82, 2.24) is 4.90 Å². The van der Waals surface area contributed by atoms with Crippen LogP contribution in [0, 0.1) is 5.92 Å². The van der Waals surface area contributed by atoms with E-state index in [2.05, 4.69) is 6.92 Å². The van der Waals surface area contributed by atoms with Crippen LogP contribution in [0.15, 0.2) is 18.2 Å². The van der Waals surface area contributed by atoms with Gasteiger partial charge in [0.05, 0.1) is 0 Å². The zero-order chi connectivity index (χ0) is 14.7. The van der Waals surface area contributed by atoms with E-state index in [9.17, 15) is 4.79 Å². The summed E-state index contributed by atoms with van der Waals surface area (Å²) in [7, 11) is 0. The van der Waals surface area contributed by atoms with Crippen molar-refractivity contribution in [1.29, 1.82) is 0 Å². The Kier molecular flexibility index (Phi) is 4.32. The molecule has 114 valence electrons. The van der Waals surface area contributed by atoms with E-state index in [4.69, 9.17) is 9.47 Å². The van der Waals surface area contributed by atoms with Crippen LogP contribution in [-0.4, -0.2) is 37.1 Å². The standard InChI is InChI=1S/C17H23NO3/c1-13-3-2-8-18(12-13)17(19)7-5-14-4-6-15-16(11-14)21-10-9-20-15/h4,6,11,13H,2-3,5,7-10,12H2,1H3. The normalized spacial score (nSPS) is 21.2. The first kappa shape index (κ1) is 14.2. The van der Waals surface area contributed by atoms with Gasteiger partial charge in [0, 0.05) is 19.5 Å². The Bertz CT molecular complexity index is 515. The number of ether oxygens (including phenoxy) is 2. The molecule has 4 nitrogen and oxygen atoms in total. The predicted molar refractivity (Wildman–Crippen MR) is 80.7 cm³/mol. The summed E-state index contributed by atoms with van der Waals surface area (Å²) in [4.78, 5) is 14.3. The maximum Gasteiger partial charge on any atom is 0.222 e. The molecule has 1 aromatic rings. The number of fused-ring (bicyclic) bond motifs is 1. The van der Waals surface area contributed by atoms with E-state index in [1.165, 1.54) is 6.42 Å². The monoisotopic (exact) mass is 289 g/mol. The molecule has 0 radical (unpaired) electrons. The van der Waals surface area contributed by atoms with Gasteiger partial charge >= 0.3 is 0 Å². The highest BCUT2D eigenvalue weighted by atomic mass is 16.6. The first-order valence-corrected chi connectivity index (χ1v) is 7.88. The second-order valence-electron chi connectivity index (χ2n) is 6.07. The van der Waals surface area contributed by atoms with Crippen LogP contribution in [0.3, 0.4) is 0 Å². The summed E-state index contributed by atoms with van der Waals surface area (Å²) >= 11 is 0. The van der Waals surface area contributed by atoms with E-state index < -0.39 is 0 Å². The van der Waals surface area contributed by atoms with Crippen LogP contribution in [0.4, 0.5) is 0 Å². The lowest BCUT2D eigenvalue weighted by atomic mass is 9.99. The lowest BCUT2D eigenvalue weighted by molar-refractivity contribution is -0.132. The number of amides is 1. The summed E-state index contributed by atoms with van der Waals surface area (Å²) in [6, 6.07) is 5.97. The number of benzene rings is 1. The third kappa shape index (κ3) is 3.49. The van der Waals surface area contributed by atoms with Gasteiger partial charge in [-0.25, -0.2) is 0 Å². The highest BCUT2D eigenvalue weighted by molar-refractivity contribution is 5.76. The molecule has 1 aromatic carbocycles. The van der Waals surface area contributed by atoms with Crippen molar-refractivity contribution < 1.29 is 14.3 Å². The van der Waals surface area contributed by atoms with E-state index in [0.29, 0.717) is 25.6 Å². The SMILES string of the molecule is CC1CCCN(C(=O)CCc2ccc3c(c2)OCCO3)C1. The van der Waals surface area contributed by atoms with Crippen molar-refractivity contribution in [2.45, 2.75) is 32.6 Å². The molecular formula is C17H23NO3. The van der Waals surface area contributed by atoms with E-state index >= 15 is 0 Å². The maximum absolute atomic E-state index is 12.3. The van der Waals surface area contributed by atoms with Crippen molar-refractivity contribution in [2.75, 3.05) is 26.3 Å². The number of rotatable bonds is 3. The summed E-state index contributed by atoms with van der Waals surface area (Å²) in [5.41, 5.74) is 1.14. The van der Waals surface area contributed by atoms with Gasteiger partial charge in [0.1, 0.15) is 13.2 Å². The summed E-state index contributed by atoms with van der Waals surface area (Å²) in [5, 5.41) is 0. The van der Waals surface area contributed by atoms with Crippen molar-refractivity contribution >= 4 is 5.91 Å². The van der Waals surface area contributed by atoms with Crippen LogP contribution in [0.1, 0.15) is 31.7 Å². The van der Waals surface area contributed by atoms with E-state index in [1.807, 2.05) is 23.1 Å². The fourth-order valence-corrected chi connectivity index (χ4v) is 3.07. The maximum atomic E-state index is 12.3. The van der Waals surface area contributed by atoms with Crippen molar-refractivity contribution in [3.63, 3.8) is 0 Å². The summed E-state index contributed by atoms with van der Waals surface area (Å²) in [6.07, 6.45) is 3.72. The van der Waals surface area contributed by atoms with Crippen molar-refractivity contribution in [2.24, 2.45) is 5.92 Å². The average Bonchev–Trinajstić information content (AvgIpc) is 2.52. The molecule has 0 aliphatic carbocycles. The first-order valence-electron chi connectivity index (χ1n) is 7.88. The lowest BCUT2D eigenvalue weighted by Crippen LogP contribution is -2.39. The minimum absolute atomic E-state index is 0.274. The Balaban J connectivity index is 1.56. The molecule has 1 unspecified atom stereocenters. The molecule has 21 heavy (non-hydrogen) atoms. The van der Waals surface area contributed by atoms with Gasteiger partial charge < -0.3 is 14.4 Å². The molecule has 1 fully saturated rings. The Morgan fingerprint density at radius 2 is 2.10 bits per heavy atom. The Hall–Kier alpha value is -1.71. The number of piperidine rings is 1. The van der Waals surface area contributed by atoms with Crippen LogP contribution < -0.4 is 9.47 Å². The molecule has 4 heteroatoms. The zero-order valence-electron chi connectivity index (χ0n) is 12.6. The minimum atomic E-state index is 0.274. The van der Waals surface area contributed by atoms with Gasteiger partial charge in [-0.05, 0) is 42.9 Å². The van der Waals surface area contributed by atoms with Crippen LogP contribution in [0.5, 0.6) is 11.5 Å². The average molecular weight is 289 g/mol. The molecule has 3 rings (SSSR count). The molecule has 1 atom stereocenters. The fraction of sp³-hybridized carbons (Fsp3) is 0.588. The highest BCUT2D eigenvalue weighted by Gasteiger charge is 2.20. The van der Waals surface area contributed by atoms with Gasteiger partial charge in [0.2, 0.25) is 5.91 Å². The van der Waals surface area contributed by atoms with Gasteiger partial charge in [-0.1, -0.05) is 13.0 Å². The molecule has 1 amide bonds.